The summed E-state index contributed by atoms with van der Waals surface area (Å²) in [5, 5.41) is 8.95. The zero-order chi connectivity index (χ0) is 15.5. The third-order valence-corrected chi connectivity index (χ3v) is 3.62. The second-order valence-corrected chi connectivity index (χ2v) is 6.64. The van der Waals surface area contributed by atoms with Crippen LogP contribution in [0.1, 0.15) is 38.4 Å². The molecule has 0 aliphatic heterocycles. The minimum atomic E-state index is 0.105. The van der Waals surface area contributed by atoms with Crippen molar-refractivity contribution < 1.29 is 5.11 Å². The second-order valence-electron chi connectivity index (χ2n) is 6.25. The van der Waals surface area contributed by atoms with Crippen molar-refractivity contribution in [2.75, 3.05) is 6.61 Å². The fraction of sp³-hybridized carbons (Fsp3) is 0.412. The van der Waals surface area contributed by atoms with E-state index >= 15 is 0 Å². The standard InChI is InChI=1S/C17H22N2OS/c1-17(2,3)13-7-4-6-12(10-13)15-11-14(8-5-9-20)18-16(21)19-15/h4,6-7,10-11,20H,5,8-9H2,1-3H3,(H,18,19,21). The molecule has 4 heteroatoms. The number of hydrogen-bond donors (Lipinski definition) is 2. The van der Waals surface area contributed by atoms with Gasteiger partial charge in [0.15, 0.2) is 4.77 Å². The third-order valence-electron chi connectivity index (χ3n) is 3.43. The van der Waals surface area contributed by atoms with Crippen LogP contribution < -0.4 is 0 Å². The number of aromatic amines is 1. The summed E-state index contributed by atoms with van der Waals surface area (Å²) in [7, 11) is 0. The number of nitrogens with zero attached hydrogens (tertiary/aromatic N) is 1. The lowest BCUT2D eigenvalue weighted by molar-refractivity contribution is 0.288. The van der Waals surface area contributed by atoms with Gasteiger partial charge in [0.25, 0.3) is 0 Å². The van der Waals surface area contributed by atoms with Crippen LogP contribution in [0.25, 0.3) is 11.3 Å². The van der Waals surface area contributed by atoms with Gasteiger partial charge in [-0.15, -0.1) is 0 Å². The zero-order valence-corrected chi connectivity index (χ0v) is 13.6. The quantitative estimate of drug-likeness (QED) is 0.838. The van der Waals surface area contributed by atoms with E-state index in [0.29, 0.717) is 4.77 Å². The van der Waals surface area contributed by atoms with Gasteiger partial charge in [-0.2, -0.15) is 0 Å². The van der Waals surface area contributed by atoms with Crippen LogP contribution in [0.2, 0.25) is 0 Å². The molecular formula is C17H22N2OS. The molecule has 0 bridgehead atoms. The molecule has 2 rings (SSSR count). The first kappa shape index (κ1) is 15.9. The lowest BCUT2D eigenvalue weighted by atomic mass is 9.86. The van der Waals surface area contributed by atoms with Crippen LogP contribution in [0.5, 0.6) is 0 Å². The Morgan fingerprint density at radius 2 is 2.00 bits per heavy atom. The molecule has 0 aliphatic rings. The van der Waals surface area contributed by atoms with Gasteiger partial charge in [-0.25, -0.2) is 4.98 Å². The number of aryl methyl sites for hydroxylation is 1. The normalized spacial score (nSPS) is 11.6. The fourth-order valence-corrected chi connectivity index (χ4v) is 2.43. The molecule has 112 valence electrons. The maximum Gasteiger partial charge on any atom is 0.197 e. The molecule has 0 atom stereocenters. The predicted molar refractivity (Wildman–Crippen MR) is 89.0 cm³/mol. The Hall–Kier alpha value is -1.52. The number of rotatable bonds is 4. The number of aliphatic hydroxyl groups is 1. The number of nitrogens with one attached hydrogen (secondary N) is 1. The van der Waals surface area contributed by atoms with Gasteiger partial charge in [-0.3, -0.25) is 0 Å². The van der Waals surface area contributed by atoms with Crippen molar-refractivity contribution in [2.45, 2.75) is 39.0 Å². The van der Waals surface area contributed by atoms with E-state index in [4.69, 9.17) is 17.3 Å². The molecule has 0 spiro atoms. The summed E-state index contributed by atoms with van der Waals surface area (Å²) < 4.78 is 0.488. The molecule has 2 aromatic rings. The first-order valence-corrected chi connectivity index (χ1v) is 7.63. The van der Waals surface area contributed by atoms with E-state index in [1.54, 1.807) is 0 Å². The van der Waals surface area contributed by atoms with Crippen molar-refractivity contribution in [3.8, 4) is 11.3 Å². The topological polar surface area (TPSA) is 48.9 Å². The molecule has 21 heavy (non-hydrogen) atoms. The molecule has 1 aromatic carbocycles. The Bertz CT molecular complexity index is 671. The van der Waals surface area contributed by atoms with Crippen molar-refractivity contribution in [2.24, 2.45) is 0 Å². The lowest BCUT2D eigenvalue weighted by Crippen LogP contribution is -2.10. The van der Waals surface area contributed by atoms with E-state index in [1.807, 2.05) is 6.07 Å². The van der Waals surface area contributed by atoms with E-state index in [1.165, 1.54) is 5.56 Å². The van der Waals surface area contributed by atoms with Gasteiger partial charge in [-0.1, -0.05) is 39.0 Å². The molecule has 1 heterocycles. The highest BCUT2D eigenvalue weighted by molar-refractivity contribution is 7.71. The number of benzene rings is 1. The molecule has 0 saturated heterocycles. The molecule has 0 radical (unpaired) electrons. The third kappa shape index (κ3) is 4.22. The first-order valence-electron chi connectivity index (χ1n) is 7.22. The van der Waals surface area contributed by atoms with Crippen molar-refractivity contribution >= 4 is 12.2 Å². The van der Waals surface area contributed by atoms with Gasteiger partial charge in [0.05, 0.1) is 5.69 Å². The Labute approximate surface area is 131 Å². The summed E-state index contributed by atoms with van der Waals surface area (Å²) in [6, 6.07) is 10.5. The first-order chi connectivity index (χ1) is 9.90. The molecule has 1 aromatic heterocycles. The molecule has 0 fully saturated rings. The van der Waals surface area contributed by atoms with Gasteiger partial charge in [-0.05, 0) is 48.2 Å². The molecule has 0 saturated carbocycles. The van der Waals surface area contributed by atoms with Crippen molar-refractivity contribution in [3.63, 3.8) is 0 Å². The Kier molecular flexibility index (Phi) is 4.91. The van der Waals surface area contributed by atoms with E-state index in [9.17, 15) is 0 Å². The zero-order valence-electron chi connectivity index (χ0n) is 12.8. The minimum absolute atomic E-state index is 0.105. The van der Waals surface area contributed by atoms with Gasteiger partial charge >= 0.3 is 0 Å². The average molecular weight is 302 g/mol. The van der Waals surface area contributed by atoms with Crippen molar-refractivity contribution in [1.82, 2.24) is 9.97 Å². The smallest absolute Gasteiger partial charge is 0.197 e. The van der Waals surface area contributed by atoms with E-state index in [-0.39, 0.29) is 12.0 Å². The van der Waals surface area contributed by atoms with Gasteiger partial charge in [0.2, 0.25) is 0 Å². The Morgan fingerprint density at radius 1 is 1.24 bits per heavy atom. The molecule has 0 amide bonds. The van der Waals surface area contributed by atoms with Crippen LogP contribution in [0.4, 0.5) is 0 Å². The van der Waals surface area contributed by atoms with Gasteiger partial charge < -0.3 is 10.1 Å². The summed E-state index contributed by atoms with van der Waals surface area (Å²) in [5.74, 6) is 0. The van der Waals surface area contributed by atoms with Crippen LogP contribution in [0, 0.1) is 4.77 Å². The maximum absolute atomic E-state index is 8.95. The molecule has 3 nitrogen and oxygen atoms in total. The fourth-order valence-electron chi connectivity index (χ4n) is 2.21. The average Bonchev–Trinajstić information content (AvgIpc) is 2.44. The van der Waals surface area contributed by atoms with E-state index in [2.05, 4.69) is 55.0 Å². The lowest BCUT2D eigenvalue weighted by Gasteiger charge is -2.19. The highest BCUT2D eigenvalue weighted by Crippen LogP contribution is 2.26. The van der Waals surface area contributed by atoms with Crippen LogP contribution in [0.3, 0.4) is 0 Å². The second kappa shape index (κ2) is 6.50. The summed E-state index contributed by atoms with van der Waals surface area (Å²) in [6.45, 7) is 6.77. The molecular weight excluding hydrogens is 280 g/mol. The predicted octanol–water partition coefficient (Wildman–Crippen LogP) is 4.03. The molecule has 2 N–H and O–H groups in total. The monoisotopic (exact) mass is 302 g/mol. The number of H-pyrrole nitrogens is 1. The van der Waals surface area contributed by atoms with E-state index < -0.39 is 0 Å². The molecule has 0 aliphatic carbocycles. The van der Waals surface area contributed by atoms with E-state index in [0.717, 1.165) is 29.8 Å². The highest BCUT2D eigenvalue weighted by Gasteiger charge is 2.14. The summed E-state index contributed by atoms with van der Waals surface area (Å²) in [5.41, 5.74) is 4.36. The molecule has 0 unspecified atom stereocenters. The van der Waals surface area contributed by atoms with Crippen molar-refractivity contribution in [3.05, 3.63) is 46.4 Å². The largest absolute Gasteiger partial charge is 0.396 e. The van der Waals surface area contributed by atoms with Crippen LogP contribution in [0.15, 0.2) is 30.3 Å². The summed E-state index contributed by atoms with van der Waals surface area (Å²) >= 11 is 5.21. The minimum Gasteiger partial charge on any atom is -0.396 e. The van der Waals surface area contributed by atoms with Crippen molar-refractivity contribution in [1.29, 1.82) is 0 Å². The number of aliphatic hydroxyl groups excluding tert-OH is 1. The Morgan fingerprint density at radius 3 is 2.67 bits per heavy atom. The summed E-state index contributed by atoms with van der Waals surface area (Å²) in [4.78, 5) is 7.52. The van der Waals surface area contributed by atoms with Gasteiger partial charge in [0, 0.05) is 17.9 Å². The maximum atomic E-state index is 8.95. The van der Waals surface area contributed by atoms with Crippen LogP contribution in [-0.2, 0) is 11.8 Å². The van der Waals surface area contributed by atoms with Crippen LogP contribution >= 0.6 is 12.2 Å². The summed E-state index contributed by atoms with van der Waals surface area (Å²) in [6.07, 6.45) is 1.49. The number of aromatic nitrogens is 2. The van der Waals surface area contributed by atoms with Crippen LogP contribution in [-0.4, -0.2) is 21.7 Å². The number of hydrogen-bond acceptors (Lipinski definition) is 3. The van der Waals surface area contributed by atoms with Gasteiger partial charge in [0.1, 0.15) is 0 Å². The SMILES string of the molecule is CC(C)(C)c1cccc(-c2cc(CCCO)[nH]c(=S)n2)c1. The Balaban J connectivity index is 2.42. The highest BCUT2D eigenvalue weighted by atomic mass is 32.1.